The number of aliphatic hydroxyl groups excluding tert-OH is 2. The molecule has 0 aromatic carbocycles. The average molecular weight is 353 g/mol. The first-order valence-electron chi connectivity index (χ1n) is 6.46. The van der Waals surface area contributed by atoms with Gasteiger partial charge in [0.05, 0.1) is 6.33 Å². The quantitative estimate of drug-likeness (QED) is 0.529. The van der Waals surface area contributed by atoms with Crippen LogP contribution in [-0.2, 0) is 4.74 Å². The highest BCUT2D eigenvalue weighted by molar-refractivity contribution is 5.81. The van der Waals surface area contributed by atoms with E-state index < -0.39 is 36.6 Å². The molecule has 0 radical (unpaired) electrons. The fourth-order valence-corrected chi connectivity index (χ4v) is 2.59. The van der Waals surface area contributed by atoms with Gasteiger partial charge in [-0.25, -0.2) is 23.7 Å². The monoisotopic (exact) mass is 353 g/mol. The lowest BCUT2D eigenvalue weighted by Gasteiger charge is -2.34. The Kier molecular flexibility index (Phi) is 3.63. The van der Waals surface area contributed by atoms with Gasteiger partial charge < -0.3 is 25.8 Å². The van der Waals surface area contributed by atoms with Gasteiger partial charge in [0.1, 0.15) is 24.1 Å². The van der Waals surface area contributed by atoms with Crippen LogP contribution in [0.4, 0.5) is 23.4 Å². The van der Waals surface area contributed by atoms with Crippen molar-refractivity contribution in [1.82, 2.24) is 19.5 Å². The van der Waals surface area contributed by atoms with Crippen molar-refractivity contribution in [2.24, 2.45) is 0 Å². The topological polar surface area (TPSA) is 140 Å². The van der Waals surface area contributed by atoms with Crippen LogP contribution in [0.5, 0.6) is 0 Å². The number of anilines is 1. The molecule has 0 spiro atoms. The van der Waals surface area contributed by atoms with Crippen molar-refractivity contribution >= 4 is 17.0 Å². The number of aliphatic hydroxyl groups is 3. The summed E-state index contributed by atoms with van der Waals surface area (Å²) < 4.78 is 58.5. The first-order chi connectivity index (χ1) is 11.1. The highest BCUT2D eigenvalue weighted by Crippen LogP contribution is 2.49. The zero-order valence-electron chi connectivity index (χ0n) is 11.6. The Morgan fingerprint density at radius 3 is 2.50 bits per heavy atom. The van der Waals surface area contributed by atoms with Crippen LogP contribution in [0.1, 0.15) is 6.23 Å². The van der Waals surface area contributed by atoms with Crippen LogP contribution in [0.3, 0.4) is 0 Å². The van der Waals surface area contributed by atoms with Crippen molar-refractivity contribution in [2.75, 3.05) is 5.73 Å². The molecule has 2 aromatic rings. The highest BCUT2D eigenvalue weighted by atomic mass is 19.3. The maximum atomic E-state index is 13.4. The van der Waals surface area contributed by atoms with E-state index in [1.807, 2.05) is 0 Å². The molecule has 1 aliphatic heterocycles. The second kappa shape index (κ2) is 5.20. The number of alkyl halides is 4. The molecule has 0 aliphatic carbocycles. The summed E-state index contributed by atoms with van der Waals surface area (Å²) in [6.07, 6.45) is -14.2. The van der Waals surface area contributed by atoms with Gasteiger partial charge in [-0.2, -0.15) is 8.78 Å². The summed E-state index contributed by atoms with van der Waals surface area (Å²) in [7, 11) is 0. The van der Waals surface area contributed by atoms with Crippen molar-refractivity contribution in [3.05, 3.63) is 12.7 Å². The number of nitrogens with two attached hydrogens (primary N) is 1. The van der Waals surface area contributed by atoms with E-state index in [1.165, 1.54) is 0 Å². The third kappa shape index (κ3) is 2.05. The standard InChI is InChI=1S/C11H11F4N5O4/c12-9(13)10(11(14,15)23)5(22)4(21)8(24-10)20-2-19-3-6(16)17-1-18-7(3)20/h1-2,4-5,8-9,21-23H,(H2,16,17,18)/t4-,5+,8-,10-/m1/s1. The molecule has 3 heterocycles. The normalized spacial score (nSPS) is 31.2. The minimum Gasteiger partial charge on any atom is -0.387 e. The number of nitrogens with zero attached hydrogens (tertiary/aromatic N) is 4. The molecule has 0 amide bonds. The molecule has 4 atom stereocenters. The lowest BCUT2D eigenvalue weighted by molar-refractivity contribution is -0.362. The average Bonchev–Trinajstić information content (AvgIpc) is 3.01. The summed E-state index contributed by atoms with van der Waals surface area (Å²) in [6, 6.07) is 0. The molecule has 5 N–H and O–H groups in total. The van der Waals surface area contributed by atoms with Crippen LogP contribution in [-0.4, -0.2) is 65.2 Å². The highest BCUT2D eigenvalue weighted by Gasteiger charge is 2.73. The number of rotatable bonds is 3. The Balaban J connectivity index is 2.11. The number of fused-ring (bicyclic) bond motifs is 1. The molecular weight excluding hydrogens is 342 g/mol. The summed E-state index contributed by atoms with van der Waals surface area (Å²) >= 11 is 0. The molecular formula is C11H11F4N5O4. The second-order valence-electron chi connectivity index (χ2n) is 5.16. The number of hydrogen-bond acceptors (Lipinski definition) is 8. The predicted molar refractivity (Wildman–Crippen MR) is 67.8 cm³/mol. The number of aromatic nitrogens is 4. The van der Waals surface area contributed by atoms with Gasteiger partial charge in [-0.3, -0.25) is 4.57 Å². The van der Waals surface area contributed by atoms with Gasteiger partial charge >= 0.3 is 6.11 Å². The molecule has 1 fully saturated rings. The first kappa shape index (κ1) is 16.8. The number of hydrogen-bond donors (Lipinski definition) is 4. The van der Waals surface area contributed by atoms with E-state index in [4.69, 9.17) is 10.8 Å². The second-order valence-corrected chi connectivity index (χ2v) is 5.16. The molecule has 0 unspecified atom stereocenters. The molecule has 2 aromatic heterocycles. The number of imidazole rings is 1. The van der Waals surface area contributed by atoms with E-state index in [9.17, 15) is 27.8 Å². The maximum absolute atomic E-state index is 13.4. The largest absolute Gasteiger partial charge is 0.390 e. The molecule has 24 heavy (non-hydrogen) atoms. The Morgan fingerprint density at radius 2 is 1.96 bits per heavy atom. The van der Waals surface area contributed by atoms with Crippen LogP contribution in [0.15, 0.2) is 12.7 Å². The van der Waals surface area contributed by atoms with Crippen molar-refractivity contribution in [2.45, 2.75) is 36.6 Å². The number of ether oxygens (including phenoxy) is 1. The smallest absolute Gasteiger partial charge is 0.387 e. The number of nitrogen functional groups attached to an aromatic ring is 1. The maximum Gasteiger partial charge on any atom is 0.390 e. The zero-order valence-corrected chi connectivity index (χ0v) is 11.6. The fraction of sp³-hybridized carbons (Fsp3) is 0.545. The van der Waals surface area contributed by atoms with Crippen LogP contribution in [0, 0.1) is 0 Å². The van der Waals surface area contributed by atoms with Gasteiger partial charge in [-0.05, 0) is 0 Å². The van der Waals surface area contributed by atoms with Crippen LogP contribution >= 0.6 is 0 Å². The van der Waals surface area contributed by atoms with Crippen molar-refractivity contribution in [3.63, 3.8) is 0 Å². The number of halogens is 4. The molecule has 0 saturated carbocycles. The van der Waals surface area contributed by atoms with E-state index in [2.05, 4.69) is 19.7 Å². The summed E-state index contributed by atoms with van der Waals surface area (Å²) in [5, 5.41) is 28.5. The Morgan fingerprint density at radius 1 is 1.29 bits per heavy atom. The molecule has 1 saturated heterocycles. The Labute approximate surface area is 130 Å². The summed E-state index contributed by atoms with van der Waals surface area (Å²) in [5.74, 6) is -0.0839. The van der Waals surface area contributed by atoms with Gasteiger partial charge in [0.25, 0.3) is 6.43 Å². The SMILES string of the molecule is Nc1ncnc2c1ncn2[C@@H]1O[C@](C(F)F)(C(O)(F)F)[C@@H](O)[C@H]1O. The molecule has 9 nitrogen and oxygen atoms in total. The van der Waals surface area contributed by atoms with Gasteiger partial charge in [0.15, 0.2) is 17.7 Å². The van der Waals surface area contributed by atoms with Gasteiger partial charge in [-0.15, -0.1) is 0 Å². The van der Waals surface area contributed by atoms with Gasteiger partial charge in [0, 0.05) is 0 Å². The molecule has 13 heteroatoms. The molecule has 3 rings (SSSR count). The Hall–Kier alpha value is -2.09. The van der Waals surface area contributed by atoms with E-state index in [0.29, 0.717) is 0 Å². The predicted octanol–water partition coefficient (Wildman–Crippen LogP) is -0.752. The summed E-state index contributed by atoms with van der Waals surface area (Å²) in [6.45, 7) is 0. The van der Waals surface area contributed by atoms with Crippen LogP contribution in [0.2, 0.25) is 0 Å². The van der Waals surface area contributed by atoms with E-state index in [-0.39, 0.29) is 17.0 Å². The van der Waals surface area contributed by atoms with E-state index in [0.717, 1.165) is 17.2 Å². The lowest BCUT2D eigenvalue weighted by atomic mass is 9.94. The fourth-order valence-electron chi connectivity index (χ4n) is 2.59. The summed E-state index contributed by atoms with van der Waals surface area (Å²) in [5.41, 5.74) is 1.42. The summed E-state index contributed by atoms with van der Waals surface area (Å²) in [4.78, 5) is 11.2. The van der Waals surface area contributed by atoms with Gasteiger partial charge in [0.2, 0.25) is 5.60 Å². The third-order valence-electron chi connectivity index (χ3n) is 3.83. The van der Waals surface area contributed by atoms with Gasteiger partial charge in [-0.1, -0.05) is 0 Å². The molecule has 132 valence electrons. The minimum atomic E-state index is -5.14. The van der Waals surface area contributed by atoms with Crippen molar-refractivity contribution in [1.29, 1.82) is 0 Å². The van der Waals surface area contributed by atoms with Crippen LogP contribution < -0.4 is 5.73 Å². The van der Waals surface area contributed by atoms with Crippen LogP contribution in [0.25, 0.3) is 11.2 Å². The lowest BCUT2D eigenvalue weighted by Crippen LogP contribution is -2.61. The third-order valence-corrected chi connectivity index (χ3v) is 3.83. The first-order valence-corrected chi connectivity index (χ1v) is 6.46. The zero-order chi connectivity index (χ0) is 17.9. The Bertz CT molecular complexity index is 768. The van der Waals surface area contributed by atoms with E-state index >= 15 is 0 Å². The van der Waals surface area contributed by atoms with Crippen molar-refractivity contribution in [3.8, 4) is 0 Å². The molecule has 1 aliphatic rings. The minimum absolute atomic E-state index is 0.00750. The molecule has 0 bridgehead atoms. The van der Waals surface area contributed by atoms with Crippen molar-refractivity contribution < 1.29 is 37.6 Å². The van der Waals surface area contributed by atoms with E-state index in [1.54, 1.807) is 0 Å².